The minimum atomic E-state index is 0. The van der Waals surface area contributed by atoms with E-state index in [0.717, 1.165) is 19.4 Å². The second-order valence-electron chi connectivity index (χ2n) is 6.10. The van der Waals surface area contributed by atoms with Gasteiger partial charge in [-0.15, -0.1) is 0 Å². The van der Waals surface area contributed by atoms with Gasteiger partial charge in [0.15, 0.2) is 0 Å². The summed E-state index contributed by atoms with van der Waals surface area (Å²) in [6, 6.07) is 6.70. The molecule has 1 aromatic heterocycles. The maximum Gasteiger partial charge on any atom is 0.109 e. The summed E-state index contributed by atoms with van der Waals surface area (Å²) >= 11 is 0. The summed E-state index contributed by atoms with van der Waals surface area (Å²) in [5.41, 5.74) is 3.97. The zero-order valence-corrected chi connectivity index (χ0v) is 14.0. The lowest BCUT2D eigenvalue weighted by molar-refractivity contribution is 0.414. The van der Waals surface area contributed by atoms with Crippen molar-refractivity contribution in [1.82, 2.24) is 9.88 Å². The third kappa shape index (κ3) is 4.53. The standard InChI is InChI=1S/C18H26N4.H2/c1-14(11-20-13-19-2)9-15-5-6-18-17(10-15)16(12-21-18)7-8-22(3)4;/h5-6,10-14,21H,7-9H2,1-4H3;1H. The fourth-order valence-electron chi connectivity index (χ4n) is 2.58. The van der Waals surface area contributed by atoms with Gasteiger partial charge in [0.25, 0.3) is 0 Å². The van der Waals surface area contributed by atoms with E-state index in [1.165, 1.54) is 22.0 Å². The van der Waals surface area contributed by atoms with Gasteiger partial charge in [0, 0.05) is 38.3 Å². The molecular weight excluding hydrogens is 272 g/mol. The van der Waals surface area contributed by atoms with Crippen molar-refractivity contribution >= 4 is 23.5 Å². The molecule has 0 amide bonds. The molecule has 0 saturated carbocycles. The van der Waals surface area contributed by atoms with Crippen LogP contribution in [0.25, 0.3) is 10.9 Å². The minimum absolute atomic E-state index is 0. The predicted octanol–water partition coefficient (Wildman–Crippen LogP) is 3.43. The monoisotopic (exact) mass is 300 g/mol. The topological polar surface area (TPSA) is 43.8 Å². The van der Waals surface area contributed by atoms with E-state index >= 15 is 0 Å². The fourth-order valence-corrected chi connectivity index (χ4v) is 2.58. The van der Waals surface area contributed by atoms with Crippen molar-refractivity contribution < 1.29 is 1.43 Å². The minimum Gasteiger partial charge on any atom is -0.361 e. The molecule has 0 spiro atoms. The summed E-state index contributed by atoms with van der Waals surface area (Å²) in [5.74, 6) is 0.402. The number of aromatic nitrogens is 1. The van der Waals surface area contributed by atoms with Crippen molar-refractivity contribution in [2.75, 3.05) is 27.7 Å². The number of likely N-dealkylation sites (N-methyl/N-ethyl adjacent to an activating group) is 1. The van der Waals surface area contributed by atoms with Crippen LogP contribution in [0, 0.1) is 5.92 Å². The second kappa shape index (κ2) is 7.90. The highest BCUT2D eigenvalue weighted by atomic mass is 15.0. The van der Waals surface area contributed by atoms with Crippen molar-refractivity contribution in [1.29, 1.82) is 0 Å². The third-order valence-corrected chi connectivity index (χ3v) is 3.74. The van der Waals surface area contributed by atoms with E-state index in [4.69, 9.17) is 0 Å². The molecule has 0 bridgehead atoms. The predicted molar refractivity (Wildman–Crippen MR) is 98.4 cm³/mol. The summed E-state index contributed by atoms with van der Waals surface area (Å²) in [7, 11) is 5.96. The van der Waals surface area contributed by atoms with Gasteiger partial charge >= 0.3 is 0 Å². The third-order valence-electron chi connectivity index (χ3n) is 3.74. The Kier molecular flexibility index (Phi) is 5.90. The number of H-pyrrole nitrogens is 1. The van der Waals surface area contributed by atoms with Crippen LogP contribution in [0.1, 0.15) is 19.5 Å². The van der Waals surface area contributed by atoms with Gasteiger partial charge < -0.3 is 9.88 Å². The molecule has 1 aromatic carbocycles. The molecule has 1 N–H and O–H groups in total. The van der Waals surface area contributed by atoms with Gasteiger partial charge in [-0.2, -0.15) is 0 Å². The van der Waals surface area contributed by atoms with E-state index in [9.17, 15) is 0 Å². The molecule has 1 atom stereocenters. The summed E-state index contributed by atoms with van der Waals surface area (Å²) in [6.45, 7) is 3.25. The van der Waals surface area contributed by atoms with Gasteiger partial charge in [0.05, 0.1) is 0 Å². The molecule has 1 heterocycles. The van der Waals surface area contributed by atoms with Crippen molar-refractivity contribution in [2.24, 2.45) is 15.9 Å². The molecule has 2 rings (SSSR count). The highest BCUT2D eigenvalue weighted by Crippen LogP contribution is 2.21. The first-order valence-corrected chi connectivity index (χ1v) is 7.77. The lowest BCUT2D eigenvalue weighted by Gasteiger charge is -2.09. The van der Waals surface area contributed by atoms with Gasteiger partial charge in [0.1, 0.15) is 6.34 Å². The van der Waals surface area contributed by atoms with Crippen LogP contribution < -0.4 is 0 Å². The maximum absolute atomic E-state index is 4.18. The smallest absolute Gasteiger partial charge is 0.109 e. The zero-order chi connectivity index (χ0) is 15.9. The second-order valence-corrected chi connectivity index (χ2v) is 6.10. The molecule has 0 saturated heterocycles. The number of hydrogen-bond donors (Lipinski definition) is 1. The number of fused-ring (bicyclic) bond motifs is 1. The zero-order valence-electron chi connectivity index (χ0n) is 14.0. The van der Waals surface area contributed by atoms with Gasteiger partial charge in [-0.25, -0.2) is 4.99 Å². The normalized spacial score (nSPS) is 13.9. The number of nitrogens with one attached hydrogen (secondary N) is 1. The average molecular weight is 300 g/mol. The summed E-state index contributed by atoms with van der Waals surface area (Å²) in [4.78, 5) is 13.6. The number of benzene rings is 1. The Morgan fingerprint density at radius 3 is 2.91 bits per heavy atom. The van der Waals surface area contributed by atoms with Crippen molar-refractivity contribution in [3.05, 3.63) is 35.5 Å². The van der Waals surface area contributed by atoms with E-state index in [1.54, 1.807) is 13.4 Å². The fraction of sp³-hybridized carbons (Fsp3) is 0.444. The van der Waals surface area contributed by atoms with Crippen LogP contribution in [0.2, 0.25) is 0 Å². The first-order valence-electron chi connectivity index (χ1n) is 7.77. The summed E-state index contributed by atoms with van der Waals surface area (Å²) in [6.07, 6.45) is 7.75. The van der Waals surface area contributed by atoms with Crippen LogP contribution in [0.3, 0.4) is 0 Å². The molecule has 0 aliphatic rings. The van der Waals surface area contributed by atoms with Crippen LogP contribution in [-0.4, -0.2) is 50.1 Å². The Morgan fingerprint density at radius 1 is 1.36 bits per heavy atom. The highest BCUT2D eigenvalue weighted by molar-refractivity contribution is 5.84. The van der Waals surface area contributed by atoms with Crippen molar-refractivity contribution in [2.45, 2.75) is 19.8 Å². The molecule has 0 fully saturated rings. The van der Waals surface area contributed by atoms with Crippen molar-refractivity contribution in [3.8, 4) is 0 Å². The molecule has 0 aliphatic heterocycles. The number of nitrogens with zero attached hydrogens (tertiary/aromatic N) is 3. The van der Waals surface area contributed by atoms with Crippen LogP contribution in [0.5, 0.6) is 0 Å². The maximum atomic E-state index is 4.18. The first-order chi connectivity index (χ1) is 10.6. The van der Waals surface area contributed by atoms with Gasteiger partial charge in [-0.1, -0.05) is 13.0 Å². The van der Waals surface area contributed by atoms with Crippen LogP contribution in [0.4, 0.5) is 0 Å². The van der Waals surface area contributed by atoms with Crippen LogP contribution >= 0.6 is 0 Å². The molecule has 0 radical (unpaired) electrons. The highest BCUT2D eigenvalue weighted by Gasteiger charge is 2.07. The first kappa shape index (κ1) is 16.4. The Morgan fingerprint density at radius 2 is 2.18 bits per heavy atom. The van der Waals surface area contributed by atoms with E-state index in [-0.39, 0.29) is 1.43 Å². The van der Waals surface area contributed by atoms with Crippen molar-refractivity contribution in [3.63, 3.8) is 0 Å². The lowest BCUT2D eigenvalue weighted by atomic mass is 9.99. The largest absolute Gasteiger partial charge is 0.361 e. The molecule has 2 aromatic rings. The molecule has 22 heavy (non-hydrogen) atoms. The Hall–Kier alpha value is -1.94. The summed E-state index contributed by atoms with van der Waals surface area (Å²) in [5, 5.41) is 1.35. The Balaban J connectivity index is 0.00000264. The Bertz CT molecular complexity index is 658. The molecule has 0 aliphatic carbocycles. The number of aliphatic imine (C=N–C) groups is 2. The number of hydrogen-bond acceptors (Lipinski definition) is 2. The van der Waals surface area contributed by atoms with E-state index in [1.807, 2.05) is 6.21 Å². The molecule has 4 heteroatoms. The molecule has 4 nitrogen and oxygen atoms in total. The van der Waals surface area contributed by atoms with E-state index in [0.29, 0.717) is 5.92 Å². The lowest BCUT2D eigenvalue weighted by Crippen LogP contribution is -2.14. The molecule has 120 valence electrons. The number of aromatic amines is 1. The quantitative estimate of drug-likeness (QED) is 0.618. The van der Waals surface area contributed by atoms with Gasteiger partial charge in [-0.3, -0.25) is 4.99 Å². The van der Waals surface area contributed by atoms with Gasteiger partial charge in [0.2, 0.25) is 0 Å². The molecular formula is C18H28N4. The SMILES string of the molecule is CN=CN=CC(C)Cc1ccc2[nH]cc(CCN(C)C)c2c1.[HH]. The number of rotatable bonds is 7. The average Bonchev–Trinajstić information content (AvgIpc) is 2.88. The van der Waals surface area contributed by atoms with Crippen LogP contribution in [0.15, 0.2) is 34.4 Å². The van der Waals surface area contributed by atoms with Crippen LogP contribution in [-0.2, 0) is 12.8 Å². The van der Waals surface area contributed by atoms with E-state index in [2.05, 4.69) is 65.3 Å². The van der Waals surface area contributed by atoms with Gasteiger partial charge in [-0.05, 0) is 56.1 Å². The Labute approximate surface area is 134 Å². The summed E-state index contributed by atoms with van der Waals surface area (Å²) < 4.78 is 0. The van der Waals surface area contributed by atoms with E-state index < -0.39 is 0 Å². The molecule has 1 unspecified atom stereocenters.